The Morgan fingerprint density at radius 3 is 2.38 bits per heavy atom. The van der Waals surface area contributed by atoms with E-state index in [2.05, 4.69) is 0 Å². The van der Waals surface area contributed by atoms with Gasteiger partial charge in [-0.15, -0.1) is 0 Å². The van der Waals surface area contributed by atoms with Gasteiger partial charge in [0.15, 0.2) is 18.1 Å². The molecule has 2 rings (SSSR count). The molecule has 0 amide bonds. The van der Waals surface area contributed by atoms with Crippen LogP contribution in [-0.2, 0) is 20.9 Å². The number of carbonyl (C=O) groups is 2. The lowest BCUT2D eigenvalue weighted by Crippen LogP contribution is -2.19. The summed E-state index contributed by atoms with van der Waals surface area (Å²) in [5.41, 5.74) is 1.27. The Bertz CT molecular complexity index is 739. The van der Waals surface area contributed by atoms with Crippen LogP contribution in [0.1, 0.15) is 29.8 Å². The van der Waals surface area contributed by atoms with E-state index in [1.807, 2.05) is 30.3 Å². The predicted octanol–water partition coefficient (Wildman–Crippen LogP) is 3.38. The van der Waals surface area contributed by atoms with Gasteiger partial charge >= 0.3 is 11.9 Å². The zero-order chi connectivity index (χ0) is 18.9. The minimum Gasteiger partial charge on any atom is -0.493 e. The molecule has 0 heterocycles. The summed E-state index contributed by atoms with van der Waals surface area (Å²) in [4.78, 5) is 23.5. The molecule has 0 spiro atoms. The van der Waals surface area contributed by atoms with E-state index in [0.29, 0.717) is 18.1 Å². The highest BCUT2D eigenvalue weighted by atomic mass is 16.6. The SMILES string of the molecule is COc1cc(C(=O)OCC(=O)OC(C)C)ccc1OCc1ccccc1. The third-order valence-corrected chi connectivity index (χ3v) is 3.32. The predicted molar refractivity (Wildman–Crippen MR) is 95.3 cm³/mol. The van der Waals surface area contributed by atoms with Gasteiger partial charge in [0, 0.05) is 0 Å². The first-order valence-corrected chi connectivity index (χ1v) is 8.21. The van der Waals surface area contributed by atoms with Gasteiger partial charge in [-0.05, 0) is 37.6 Å². The maximum Gasteiger partial charge on any atom is 0.344 e. The van der Waals surface area contributed by atoms with Gasteiger partial charge in [-0.1, -0.05) is 30.3 Å². The Morgan fingerprint density at radius 2 is 1.73 bits per heavy atom. The van der Waals surface area contributed by atoms with Gasteiger partial charge in [0.2, 0.25) is 0 Å². The van der Waals surface area contributed by atoms with Crippen LogP contribution in [-0.4, -0.2) is 31.8 Å². The van der Waals surface area contributed by atoms with Gasteiger partial charge < -0.3 is 18.9 Å². The van der Waals surface area contributed by atoms with Crippen LogP contribution in [0.15, 0.2) is 48.5 Å². The molecule has 2 aromatic carbocycles. The number of ether oxygens (including phenoxy) is 4. The molecule has 6 heteroatoms. The molecular weight excluding hydrogens is 336 g/mol. The summed E-state index contributed by atoms with van der Waals surface area (Å²) in [5, 5.41) is 0. The lowest BCUT2D eigenvalue weighted by molar-refractivity contribution is -0.150. The van der Waals surface area contributed by atoms with E-state index in [0.717, 1.165) is 5.56 Å². The van der Waals surface area contributed by atoms with Crippen LogP contribution in [0.25, 0.3) is 0 Å². The van der Waals surface area contributed by atoms with Crippen molar-refractivity contribution >= 4 is 11.9 Å². The van der Waals surface area contributed by atoms with Crippen molar-refractivity contribution < 1.29 is 28.5 Å². The van der Waals surface area contributed by atoms with E-state index in [9.17, 15) is 9.59 Å². The molecule has 0 aliphatic heterocycles. The molecular formula is C20H22O6. The molecule has 0 aliphatic carbocycles. The summed E-state index contributed by atoms with van der Waals surface area (Å²) in [7, 11) is 1.49. The Hall–Kier alpha value is -3.02. The molecule has 26 heavy (non-hydrogen) atoms. The van der Waals surface area contributed by atoms with Crippen molar-refractivity contribution in [2.45, 2.75) is 26.6 Å². The number of hydrogen-bond donors (Lipinski definition) is 0. The Kier molecular flexibility index (Phi) is 7.02. The molecule has 0 aromatic heterocycles. The van der Waals surface area contributed by atoms with Gasteiger partial charge in [-0.2, -0.15) is 0 Å². The largest absolute Gasteiger partial charge is 0.493 e. The highest BCUT2D eigenvalue weighted by molar-refractivity contribution is 5.91. The zero-order valence-electron chi connectivity index (χ0n) is 15.1. The fourth-order valence-corrected chi connectivity index (χ4v) is 2.15. The van der Waals surface area contributed by atoms with Crippen molar-refractivity contribution in [2.75, 3.05) is 13.7 Å². The van der Waals surface area contributed by atoms with E-state index in [1.54, 1.807) is 26.0 Å². The van der Waals surface area contributed by atoms with Crippen LogP contribution in [0.4, 0.5) is 0 Å². The minimum atomic E-state index is -0.640. The number of methoxy groups -OCH3 is 1. The average Bonchev–Trinajstić information content (AvgIpc) is 2.64. The number of benzene rings is 2. The molecule has 0 saturated carbocycles. The van der Waals surface area contributed by atoms with Crippen LogP contribution in [0.2, 0.25) is 0 Å². The van der Waals surface area contributed by atoms with E-state index >= 15 is 0 Å². The monoisotopic (exact) mass is 358 g/mol. The number of hydrogen-bond acceptors (Lipinski definition) is 6. The maximum atomic E-state index is 12.1. The molecule has 2 aromatic rings. The third kappa shape index (κ3) is 5.81. The van der Waals surface area contributed by atoms with Crippen molar-refractivity contribution in [1.82, 2.24) is 0 Å². The molecule has 0 N–H and O–H groups in total. The maximum absolute atomic E-state index is 12.1. The molecule has 0 fully saturated rings. The summed E-state index contributed by atoms with van der Waals surface area (Å²) in [6, 6.07) is 14.4. The molecule has 0 aliphatic rings. The van der Waals surface area contributed by atoms with Crippen molar-refractivity contribution in [3.63, 3.8) is 0 Å². The molecule has 0 bridgehead atoms. The zero-order valence-corrected chi connectivity index (χ0v) is 15.1. The van der Waals surface area contributed by atoms with E-state index in [1.165, 1.54) is 13.2 Å². The van der Waals surface area contributed by atoms with Crippen LogP contribution in [0.5, 0.6) is 11.5 Å². The van der Waals surface area contributed by atoms with Gasteiger partial charge in [-0.3, -0.25) is 0 Å². The van der Waals surface area contributed by atoms with Crippen molar-refractivity contribution in [3.05, 3.63) is 59.7 Å². The second kappa shape index (κ2) is 9.46. The highest BCUT2D eigenvalue weighted by Crippen LogP contribution is 2.29. The number of rotatable bonds is 8. The third-order valence-electron chi connectivity index (χ3n) is 3.32. The lowest BCUT2D eigenvalue weighted by atomic mass is 10.2. The van der Waals surface area contributed by atoms with Gasteiger partial charge in [0.05, 0.1) is 18.8 Å². The van der Waals surface area contributed by atoms with Crippen molar-refractivity contribution in [2.24, 2.45) is 0 Å². The van der Waals surface area contributed by atoms with Gasteiger partial charge in [0.1, 0.15) is 6.61 Å². The molecule has 0 atom stereocenters. The highest BCUT2D eigenvalue weighted by Gasteiger charge is 2.15. The molecule has 0 saturated heterocycles. The minimum absolute atomic E-state index is 0.256. The lowest BCUT2D eigenvalue weighted by Gasteiger charge is -2.12. The van der Waals surface area contributed by atoms with Crippen molar-refractivity contribution in [1.29, 1.82) is 0 Å². The Balaban J connectivity index is 1.98. The molecule has 138 valence electrons. The summed E-state index contributed by atoms with van der Waals surface area (Å²) in [6.07, 6.45) is -0.262. The topological polar surface area (TPSA) is 71.1 Å². The first-order valence-electron chi connectivity index (χ1n) is 8.21. The first-order chi connectivity index (χ1) is 12.5. The normalized spacial score (nSPS) is 10.3. The van der Waals surface area contributed by atoms with Crippen LogP contribution < -0.4 is 9.47 Å². The second-order valence-corrected chi connectivity index (χ2v) is 5.75. The Morgan fingerprint density at radius 1 is 1.00 bits per heavy atom. The smallest absolute Gasteiger partial charge is 0.344 e. The number of carbonyl (C=O) groups excluding carboxylic acids is 2. The first kappa shape index (κ1) is 19.3. The summed E-state index contributed by atoms with van der Waals surface area (Å²) in [5.74, 6) is -0.325. The average molecular weight is 358 g/mol. The van der Waals surface area contributed by atoms with Crippen LogP contribution in [0.3, 0.4) is 0 Å². The fourth-order valence-electron chi connectivity index (χ4n) is 2.15. The van der Waals surface area contributed by atoms with Gasteiger partial charge in [-0.25, -0.2) is 9.59 Å². The molecule has 6 nitrogen and oxygen atoms in total. The summed E-state index contributed by atoms with van der Waals surface area (Å²) < 4.78 is 20.9. The number of esters is 2. The molecule has 0 unspecified atom stereocenters. The van der Waals surface area contributed by atoms with Gasteiger partial charge in [0.25, 0.3) is 0 Å². The van der Waals surface area contributed by atoms with Crippen LogP contribution in [0, 0.1) is 0 Å². The van der Waals surface area contributed by atoms with Crippen LogP contribution >= 0.6 is 0 Å². The summed E-state index contributed by atoms with van der Waals surface area (Å²) >= 11 is 0. The second-order valence-electron chi connectivity index (χ2n) is 5.75. The molecule has 0 radical (unpaired) electrons. The van der Waals surface area contributed by atoms with E-state index in [-0.39, 0.29) is 11.7 Å². The quantitative estimate of drug-likeness (QED) is 0.674. The Labute approximate surface area is 152 Å². The van der Waals surface area contributed by atoms with Crippen molar-refractivity contribution in [3.8, 4) is 11.5 Å². The summed E-state index contributed by atoms with van der Waals surface area (Å²) in [6.45, 7) is 3.38. The fraction of sp³-hybridized carbons (Fsp3) is 0.300. The van der Waals surface area contributed by atoms with E-state index < -0.39 is 18.5 Å². The standard InChI is InChI=1S/C20H22O6/c1-14(2)26-19(21)13-25-20(22)16-9-10-17(18(11-16)23-3)24-12-15-7-5-4-6-8-15/h4-11,14H,12-13H2,1-3H3. The van der Waals surface area contributed by atoms with E-state index in [4.69, 9.17) is 18.9 Å².